The van der Waals surface area contributed by atoms with Crippen molar-refractivity contribution in [1.82, 2.24) is 14.8 Å². The molecule has 3 unspecified atom stereocenters. The van der Waals surface area contributed by atoms with Crippen LogP contribution in [0.5, 0.6) is 0 Å². The minimum Gasteiger partial charge on any atom is -0.351 e. The van der Waals surface area contributed by atoms with E-state index in [1.165, 1.54) is 18.5 Å². The number of fused-ring (bicyclic) bond motifs is 1. The van der Waals surface area contributed by atoms with Gasteiger partial charge in [-0.2, -0.15) is 10.1 Å². The first kappa shape index (κ1) is 16.3. The maximum atomic E-state index is 13.4. The zero-order valence-electron chi connectivity index (χ0n) is 14.1. The first-order chi connectivity index (χ1) is 12.6. The average molecular weight is 351 g/mol. The van der Waals surface area contributed by atoms with Gasteiger partial charge in [0.2, 0.25) is 11.9 Å². The number of aromatic nitrogens is 3. The molecule has 0 fully saturated rings. The van der Waals surface area contributed by atoms with Crippen molar-refractivity contribution < 1.29 is 9.18 Å². The molecule has 26 heavy (non-hydrogen) atoms. The third-order valence-corrected chi connectivity index (χ3v) is 4.63. The molecule has 1 aliphatic heterocycles. The maximum Gasteiger partial charge on any atom is 0.232 e. The molecule has 2 aromatic carbocycles. The molecular formula is C19H18FN5O. The van der Waals surface area contributed by atoms with Crippen molar-refractivity contribution in [2.45, 2.75) is 19.0 Å². The Morgan fingerprint density at radius 3 is 2.62 bits per heavy atom. The van der Waals surface area contributed by atoms with E-state index in [0.29, 0.717) is 5.95 Å². The van der Waals surface area contributed by atoms with Gasteiger partial charge in [-0.1, -0.05) is 30.3 Å². The molecule has 0 bridgehead atoms. The van der Waals surface area contributed by atoms with Gasteiger partial charge in [-0.25, -0.2) is 9.07 Å². The van der Waals surface area contributed by atoms with E-state index in [0.717, 1.165) is 11.3 Å². The van der Waals surface area contributed by atoms with E-state index in [2.05, 4.69) is 20.7 Å². The van der Waals surface area contributed by atoms with Gasteiger partial charge in [-0.15, -0.1) is 0 Å². The van der Waals surface area contributed by atoms with E-state index in [1.54, 1.807) is 16.8 Å². The van der Waals surface area contributed by atoms with Crippen LogP contribution in [-0.2, 0) is 4.79 Å². The largest absolute Gasteiger partial charge is 0.351 e. The SMILES string of the molecule is CC1Nc2ncnn2C(c2ccc(F)cc2)C1C(=O)Nc1ccccc1. The van der Waals surface area contributed by atoms with Gasteiger partial charge in [-0.05, 0) is 36.8 Å². The second-order valence-corrected chi connectivity index (χ2v) is 6.34. The van der Waals surface area contributed by atoms with Crippen molar-refractivity contribution in [2.75, 3.05) is 10.6 Å². The third kappa shape index (κ3) is 2.92. The van der Waals surface area contributed by atoms with Crippen LogP contribution in [-0.4, -0.2) is 26.7 Å². The molecule has 1 amide bonds. The number of halogens is 1. The summed E-state index contributed by atoms with van der Waals surface area (Å²) in [5.41, 5.74) is 1.53. The minimum absolute atomic E-state index is 0.133. The fourth-order valence-electron chi connectivity index (χ4n) is 3.40. The zero-order valence-corrected chi connectivity index (χ0v) is 14.1. The molecule has 0 saturated carbocycles. The van der Waals surface area contributed by atoms with Gasteiger partial charge in [0.25, 0.3) is 0 Å². The summed E-state index contributed by atoms with van der Waals surface area (Å²) in [5, 5.41) is 10.5. The van der Waals surface area contributed by atoms with E-state index in [4.69, 9.17) is 0 Å². The van der Waals surface area contributed by atoms with Crippen LogP contribution in [0.15, 0.2) is 60.9 Å². The molecule has 4 rings (SSSR count). The normalized spacial score (nSPS) is 21.5. The highest BCUT2D eigenvalue weighted by Gasteiger charge is 2.41. The summed E-state index contributed by atoms with van der Waals surface area (Å²) in [4.78, 5) is 17.3. The van der Waals surface area contributed by atoms with Crippen LogP contribution < -0.4 is 10.6 Å². The number of carbonyl (C=O) groups excluding carboxylic acids is 1. The summed E-state index contributed by atoms with van der Waals surface area (Å²) in [6, 6.07) is 14.9. The van der Waals surface area contributed by atoms with Crippen molar-refractivity contribution >= 4 is 17.5 Å². The van der Waals surface area contributed by atoms with Gasteiger partial charge >= 0.3 is 0 Å². The minimum atomic E-state index is -0.449. The van der Waals surface area contributed by atoms with Crippen molar-refractivity contribution in [1.29, 1.82) is 0 Å². The van der Waals surface area contributed by atoms with Crippen LogP contribution in [0.4, 0.5) is 16.0 Å². The highest BCUT2D eigenvalue weighted by molar-refractivity contribution is 5.94. The van der Waals surface area contributed by atoms with Crippen LogP contribution in [0.1, 0.15) is 18.5 Å². The fourth-order valence-corrected chi connectivity index (χ4v) is 3.40. The van der Waals surface area contributed by atoms with E-state index in [1.807, 2.05) is 37.3 Å². The Hall–Kier alpha value is -3.22. The molecule has 132 valence electrons. The number of carbonyl (C=O) groups is 1. The lowest BCUT2D eigenvalue weighted by atomic mass is 9.85. The van der Waals surface area contributed by atoms with Crippen LogP contribution in [0.3, 0.4) is 0 Å². The Bertz CT molecular complexity index is 909. The van der Waals surface area contributed by atoms with Gasteiger partial charge in [0.1, 0.15) is 12.1 Å². The van der Waals surface area contributed by atoms with Crippen LogP contribution in [0.25, 0.3) is 0 Å². The predicted molar refractivity (Wildman–Crippen MR) is 96.2 cm³/mol. The van der Waals surface area contributed by atoms with Crippen LogP contribution >= 0.6 is 0 Å². The number of nitrogens with zero attached hydrogens (tertiary/aromatic N) is 3. The number of benzene rings is 2. The molecule has 3 aromatic rings. The number of hydrogen-bond acceptors (Lipinski definition) is 4. The maximum absolute atomic E-state index is 13.4. The Labute approximate surface area is 150 Å². The standard InChI is InChI=1S/C19H18FN5O/c1-12-16(18(26)24-15-5-3-2-4-6-15)17(13-7-9-14(20)10-8-13)25-19(23-12)21-11-22-25/h2-12,16-17H,1H3,(H,24,26)(H,21,22,23). The molecule has 1 aromatic heterocycles. The van der Waals surface area contributed by atoms with Crippen molar-refractivity contribution in [3.63, 3.8) is 0 Å². The molecule has 2 heterocycles. The van der Waals surface area contributed by atoms with E-state index in [-0.39, 0.29) is 23.8 Å². The molecule has 0 aliphatic carbocycles. The molecule has 0 saturated heterocycles. The number of rotatable bonds is 3. The summed E-state index contributed by atoms with van der Waals surface area (Å²) < 4.78 is 15.1. The Balaban J connectivity index is 1.73. The number of hydrogen-bond donors (Lipinski definition) is 2. The molecule has 0 spiro atoms. The lowest BCUT2D eigenvalue weighted by Crippen LogP contribution is -2.46. The average Bonchev–Trinajstić information content (AvgIpc) is 3.10. The topological polar surface area (TPSA) is 71.8 Å². The number of para-hydroxylation sites is 1. The summed E-state index contributed by atoms with van der Waals surface area (Å²) in [7, 11) is 0. The smallest absolute Gasteiger partial charge is 0.232 e. The Morgan fingerprint density at radius 2 is 1.88 bits per heavy atom. The highest BCUT2D eigenvalue weighted by Crippen LogP contribution is 2.36. The van der Waals surface area contributed by atoms with Gasteiger partial charge in [0.05, 0.1) is 12.0 Å². The number of anilines is 2. The van der Waals surface area contributed by atoms with Crippen molar-refractivity contribution in [3.8, 4) is 0 Å². The molecule has 2 N–H and O–H groups in total. The van der Waals surface area contributed by atoms with Gasteiger partial charge in [-0.3, -0.25) is 4.79 Å². The second kappa shape index (κ2) is 6.59. The zero-order chi connectivity index (χ0) is 18.1. The summed E-state index contributed by atoms with van der Waals surface area (Å²) in [6.45, 7) is 1.93. The van der Waals surface area contributed by atoms with E-state index < -0.39 is 5.92 Å². The molecule has 7 heteroatoms. The lowest BCUT2D eigenvalue weighted by Gasteiger charge is -2.36. The van der Waals surface area contributed by atoms with Crippen LogP contribution in [0.2, 0.25) is 0 Å². The summed E-state index contributed by atoms with van der Waals surface area (Å²) in [5.74, 6) is -0.308. The first-order valence-electron chi connectivity index (χ1n) is 8.41. The van der Waals surface area contributed by atoms with Gasteiger partial charge in [0.15, 0.2) is 0 Å². The first-order valence-corrected chi connectivity index (χ1v) is 8.41. The lowest BCUT2D eigenvalue weighted by molar-refractivity contribution is -0.121. The van der Waals surface area contributed by atoms with Crippen LogP contribution in [0, 0.1) is 11.7 Å². The Kier molecular flexibility index (Phi) is 4.12. The van der Waals surface area contributed by atoms with E-state index >= 15 is 0 Å². The Morgan fingerprint density at radius 1 is 1.15 bits per heavy atom. The summed E-state index contributed by atoms with van der Waals surface area (Å²) in [6.07, 6.45) is 1.45. The second-order valence-electron chi connectivity index (χ2n) is 6.34. The molecule has 3 atom stereocenters. The molecular weight excluding hydrogens is 333 g/mol. The monoisotopic (exact) mass is 351 g/mol. The summed E-state index contributed by atoms with van der Waals surface area (Å²) >= 11 is 0. The number of nitrogens with one attached hydrogen (secondary N) is 2. The third-order valence-electron chi connectivity index (χ3n) is 4.63. The quantitative estimate of drug-likeness (QED) is 0.761. The molecule has 1 aliphatic rings. The molecule has 6 nitrogen and oxygen atoms in total. The predicted octanol–water partition coefficient (Wildman–Crippen LogP) is 3.08. The highest BCUT2D eigenvalue weighted by atomic mass is 19.1. The fraction of sp³-hybridized carbons (Fsp3) is 0.211. The van der Waals surface area contributed by atoms with Crippen molar-refractivity contribution in [3.05, 3.63) is 72.3 Å². The van der Waals surface area contributed by atoms with Crippen molar-refractivity contribution in [2.24, 2.45) is 5.92 Å². The number of amides is 1. The van der Waals surface area contributed by atoms with Gasteiger partial charge in [0, 0.05) is 11.7 Å². The van der Waals surface area contributed by atoms with E-state index in [9.17, 15) is 9.18 Å². The molecule has 0 radical (unpaired) electrons. The van der Waals surface area contributed by atoms with Gasteiger partial charge < -0.3 is 10.6 Å².